The monoisotopic (exact) mass is 307 g/mol. The van der Waals surface area contributed by atoms with Crippen molar-refractivity contribution < 1.29 is 24.2 Å². The number of phenols is 1. The molecule has 0 aromatic heterocycles. The molecule has 1 heterocycles. The first-order valence-corrected chi connectivity index (χ1v) is 7.26. The molecule has 6 heteroatoms. The van der Waals surface area contributed by atoms with Crippen LogP contribution in [0.5, 0.6) is 5.75 Å². The number of nitrogens with zero attached hydrogens (tertiary/aromatic N) is 1. The predicted molar refractivity (Wildman–Crippen MR) is 79.7 cm³/mol. The molecule has 1 aliphatic rings. The number of rotatable bonds is 3. The third-order valence-electron chi connectivity index (χ3n) is 3.54. The fraction of sp³-hybridized carbons (Fsp3) is 0.500. The number of aryl methyl sites for hydroxylation is 1. The zero-order chi connectivity index (χ0) is 16.3. The van der Waals surface area contributed by atoms with Crippen LogP contribution in [-0.4, -0.2) is 53.8 Å². The van der Waals surface area contributed by atoms with Crippen LogP contribution < -0.4 is 0 Å². The molecule has 1 aromatic rings. The molecule has 0 saturated carbocycles. The van der Waals surface area contributed by atoms with Gasteiger partial charge in [0.05, 0.1) is 17.8 Å². The molecule has 0 radical (unpaired) electrons. The second kappa shape index (κ2) is 6.79. The largest absolute Gasteiger partial charge is 0.508 e. The summed E-state index contributed by atoms with van der Waals surface area (Å²) < 4.78 is 10.6. The maximum absolute atomic E-state index is 12.1. The lowest BCUT2D eigenvalue weighted by molar-refractivity contribution is -0.146. The number of hydrogen-bond acceptors (Lipinski definition) is 5. The van der Waals surface area contributed by atoms with Crippen molar-refractivity contribution in [3.05, 3.63) is 29.3 Å². The minimum Gasteiger partial charge on any atom is -0.508 e. The molecule has 0 aliphatic carbocycles. The van der Waals surface area contributed by atoms with Crippen LogP contribution in [0.4, 0.5) is 0 Å². The molecule has 22 heavy (non-hydrogen) atoms. The highest BCUT2D eigenvalue weighted by Crippen LogP contribution is 2.18. The molecule has 1 saturated heterocycles. The van der Waals surface area contributed by atoms with Gasteiger partial charge in [-0.3, -0.25) is 4.79 Å². The Balaban J connectivity index is 1.90. The lowest BCUT2D eigenvalue weighted by atomic mass is 10.1. The molecule has 0 unspecified atom stereocenters. The topological polar surface area (TPSA) is 76.1 Å². The number of benzene rings is 1. The number of phenolic OH excluding ortho intramolecular Hbond substituents is 1. The van der Waals surface area contributed by atoms with E-state index in [1.165, 1.54) is 6.07 Å². The standard InChI is InChI=1S/C16H21NO5/c1-10-4-5-13(6-14(10)18)16(20)21-9-15(19)17-7-11(2)22-12(3)8-17/h4-6,11-12,18H,7-9H2,1-3H3/t11-,12-/m1/s1. The highest BCUT2D eigenvalue weighted by atomic mass is 16.5. The Labute approximate surface area is 129 Å². The zero-order valence-corrected chi connectivity index (χ0v) is 13.0. The van der Waals surface area contributed by atoms with Crippen LogP contribution in [-0.2, 0) is 14.3 Å². The Morgan fingerprint density at radius 2 is 1.95 bits per heavy atom. The average molecular weight is 307 g/mol. The Hall–Kier alpha value is -2.08. The summed E-state index contributed by atoms with van der Waals surface area (Å²) in [7, 11) is 0. The fourth-order valence-electron chi connectivity index (χ4n) is 2.42. The molecule has 120 valence electrons. The summed E-state index contributed by atoms with van der Waals surface area (Å²) in [5, 5.41) is 9.59. The van der Waals surface area contributed by atoms with Gasteiger partial charge in [-0.25, -0.2) is 4.79 Å². The fourth-order valence-corrected chi connectivity index (χ4v) is 2.42. The van der Waals surface area contributed by atoms with Crippen LogP contribution >= 0.6 is 0 Å². The molecule has 1 amide bonds. The Kier molecular flexibility index (Phi) is 5.03. The molecule has 0 spiro atoms. The second-order valence-corrected chi connectivity index (χ2v) is 5.63. The zero-order valence-electron chi connectivity index (χ0n) is 13.0. The molecule has 1 aromatic carbocycles. The van der Waals surface area contributed by atoms with E-state index in [-0.39, 0.29) is 36.0 Å². The molecule has 6 nitrogen and oxygen atoms in total. The summed E-state index contributed by atoms with van der Waals surface area (Å²) in [6.07, 6.45) is -0.0603. The summed E-state index contributed by atoms with van der Waals surface area (Å²) >= 11 is 0. The first-order chi connectivity index (χ1) is 10.4. The van der Waals surface area contributed by atoms with Crippen LogP contribution in [0, 0.1) is 6.92 Å². The van der Waals surface area contributed by atoms with Crippen molar-refractivity contribution in [1.29, 1.82) is 0 Å². The van der Waals surface area contributed by atoms with Gasteiger partial charge in [-0.1, -0.05) is 6.07 Å². The van der Waals surface area contributed by atoms with Crippen LogP contribution in [0.2, 0.25) is 0 Å². The van der Waals surface area contributed by atoms with E-state index >= 15 is 0 Å². The summed E-state index contributed by atoms with van der Waals surface area (Å²) in [5.41, 5.74) is 0.892. The van der Waals surface area contributed by atoms with E-state index in [4.69, 9.17) is 9.47 Å². The molecule has 2 rings (SSSR count). The minimum atomic E-state index is -0.627. The first-order valence-electron chi connectivity index (χ1n) is 7.26. The van der Waals surface area contributed by atoms with E-state index < -0.39 is 5.97 Å². The Morgan fingerprint density at radius 3 is 2.55 bits per heavy atom. The number of ether oxygens (including phenoxy) is 2. The number of amides is 1. The van der Waals surface area contributed by atoms with Crippen molar-refractivity contribution in [2.45, 2.75) is 33.0 Å². The van der Waals surface area contributed by atoms with Crippen LogP contribution in [0.15, 0.2) is 18.2 Å². The number of aromatic hydroxyl groups is 1. The lowest BCUT2D eigenvalue weighted by Crippen LogP contribution is -2.49. The normalized spacial score (nSPS) is 21.5. The third-order valence-corrected chi connectivity index (χ3v) is 3.54. The maximum Gasteiger partial charge on any atom is 0.338 e. The molecular weight excluding hydrogens is 286 g/mol. The average Bonchev–Trinajstić information content (AvgIpc) is 2.46. The molecule has 1 N–H and O–H groups in total. The van der Waals surface area contributed by atoms with E-state index in [1.807, 2.05) is 13.8 Å². The van der Waals surface area contributed by atoms with Crippen molar-refractivity contribution >= 4 is 11.9 Å². The van der Waals surface area contributed by atoms with Crippen molar-refractivity contribution in [2.75, 3.05) is 19.7 Å². The predicted octanol–water partition coefficient (Wildman–Crippen LogP) is 1.49. The summed E-state index contributed by atoms with van der Waals surface area (Å²) in [4.78, 5) is 25.6. The van der Waals surface area contributed by atoms with Crippen LogP contribution in [0.3, 0.4) is 0 Å². The van der Waals surface area contributed by atoms with Gasteiger partial charge in [-0.2, -0.15) is 0 Å². The van der Waals surface area contributed by atoms with Gasteiger partial charge in [0.15, 0.2) is 6.61 Å². The molecule has 2 atom stereocenters. The van der Waals surface area contributed by atoms with E-state index in [0.29, 0.717) is 18.7 Å². The molecular formula is C16H21NO5. The second-order valence-electron chi connectivity index (χ2n) is 5.63. The summed E-state index contributed by atoms with van der Waals surface area (Å²) in [6.45, 7) is 6.20. The van der Waals surface area contributed by atoms with Crippen molar-refractivity contribution in [1.82, 2.24) is 4.90 Å². The molecule has 0 bridgehead atoms. The van der Waals surface area contributed by atoms with Gasteiger partial charge in [-0.05, 0) is 38.5 Å². The SMILES string of the molecule is Cc1ccc(C(=O)OCC(=O)N2C[C@@H](C)O[C@H](C)C2)cc1O. The maximum atomic E-state index is 12.1. The summed E-state index contributed by atoms with van der Waals surface area (Å²) in [5.74, 6) is -0.846. The number of morpholine rings is 1. The number of carbonyl (C=O) groups is 2. The highest BCUT2D eigenvalue weighted by Gasteiger charge is 2.26. The smallest absolute Gasteiger partial charge is 0.338 e. The molecule has 1 aliphatic heterocycles. The van der Waals surface area contributed by atoms with Gasteiger partial charge >= 0.3 is 5.97 Å². The number of esters is 1. The minimum absolute atomic E-state index is 0.0246. The van der Waals surface area contributed by atoms with Gasteiger partial charge in [0.25, 0.3) is 5.91 Å². The first kappa shape index (κ1) is 16.3. The van der Waals surface area contributed by atoms with Crippen molar-refractivity contribution in [2.24, 2.45) is 0 Å². The van der Waals surface area contributed by atoms with Gasteiger partial charge in [0.1, 0.15) is 5.75 Å². The number of carbonyl (C=O) groups excluding carboxylic acids is 2. The van der Waals surface area contributed by atoms with Crippen molar-refractivity contribution in [3.63, 3.8) is 0 Å². The van der Waals surface area contributed by atoms with Crippen molar-refractivity contribution in [3.8, 4) is 5.75 Å². The van der Waals surface area contributed by atoms with Crippen LogP contribution in [0.1, 0.15) is 29.8 Å². The summed E-state index contributed by atoms with van der Waals surface area (Å²) in [6, 6.07) is 4.51. The third kappa shape index (κ3) is 3.98. The van der Waals surface area contributed by atoms with E-state index in [1.54, 1.807) is 24.0 Å². The lowest BCUT2D eigenvalue weighted by Gasteiger charge is -2.35. The molecule has 1 fully saturated rings. The van der Waals surface area contributed by atoms with Gasteiger partial charge in [-0.15, -0.1) is 0 Å². The van der Waals surface area contributed by atoms with Crippen LogP contribution in [0.25, 0.3) is 0 Å². The quantitative estimate of drug-likeness (QED) is 0.856. The van der Waals surface area contributed by atoms with E-state index in [9.17, 15) is 14.7 Å². The van der Waals surface area contributed by atoms with E-state index in [0.717, 1.165) is 0 Å². The highest BCUT2D eigenvalue weighted by molar-refractivity contribution is 5.91. The van der Waals surface area contributed by atoms with Gasteiger partial charge in [0, 0.05) is 13.1 Å². The number of hydrogen-bond donors (Lipinski definition) is 1. The Morgan fingerprint density at radius 1 is 1.32 bits per heavy atom. The van der Waals surface area contributed by atoms with Gasteiger partial charge in [0.2, 0.25) is 0 Å². The van der Waals surface area contributed by atoms with E-state index in [2.05, 4.69) is 0 Å². The van der Waals surface area contributed by atoms with Gasteiger partial charge < -0.3 is 19.5 Å². The Bertz CT molecular complexity index is 562.